The zero-order chi connectivity index (χ0) is 24.0. The van der Waals surface area contributed by atoms with Crippen molar-refractivity contribution in [1.29, 1.82) is 0 Å². The summed E-state index contributed by atoms with van der Waals surface area (Å²) in [7, 11) is 0. The Morgan fingerprint density at radius 3 is 2.62 bits per heavy atom. The molecule has 6 nitrogen and oxygen atoms in total. The van der Waals surface area contributed by atoms with Crippen LogP contribution in [0.4, 0.5) is 0 Å². The van der Waals surface area contributed by atoms with E-state index in [1.54, 1.807) is 24.8 Å². The predicted molar refractivity (Wildman–Crippen MR) is 136 cm³/mol. The third-order valence-corrected chi connectivity index (χ3v) is 6.66. The molecular formula is C28H30N4O2. The summed E-state index contributed by atoms with van der Waals surface area (Å²) >= 11 is 0. The number of aromatic nitrogens is 2. The van der Waals surface area contributed by atoms with Gasteiger partial charge in [0, 0.05) is 36.8 Å². The lowest BCUT2D eigenvalue weighted by Crippen LogP contribution is -2.63. The molecule has 2 aromatic heterocycles. The third-order valence-electron chi connectivity index (χ3n) is 6.66. The Bertz CT molecular complexity index is 1420. The minimum atomic E-state index is -0.915. The van der Waals surface area contributed by atoms with E-state index < -0.39 is 5.54 Å². The van der Waals surface area contributed by atoms with Crippen LogP contribution in [0.25, 0.3) is 32.9 Å². The number of carbonyl (C=O) groups excluding carboxylic acids is 2. The van der Waals surface area contributed by atoms with E-state index in [0.29, 0.717) is 24.7 Å². The van der Waals surface area contributed by atoms with E-state index in [0.717, 1.165) is 28.7 Å². The fourth-order valence-electron chi connectivity index (χ4n) is 4.80. The Hall–Kier alpha value is -3.67. The maximum Gasteiger partial charge on any atom is 0.273 e. The fourth-order valence-corrected chi connectivity index (χ4v) is 4.80. The van der Waals surface area contributed by atoms with E-state index in [-0.39, 0.29) is 11.8 Å². The van der Waals surface area contributed by atoms with Gasteiger partial charge in [-0.05, 0) is 54.3 Å². The number of fused-ring (bicyclic) bond motifs is 2. The SMILES string of the molecule is CC(C)Cn1cc(-c2ccc3ccccc3c2)c2ccc(C(=O)N3CCNC(=O)C3(C)C)nc21. The quantitative estimate of drug-likeness (QED) is 0.479. The van der Waals surface area contributed by atoms with E-state index in [2.05, 4.69) is 66.3 Å². The molecule has 0 saturated carbocycles. The standard InChI is InChI=1S/C28H30N4O2/c1-18(2)16-31-17-23(21-10-9-19-7-5-6-8-20(19)15-21)22-11-12-24(30-25(22)31)26(33)32-14-13-29-27(34)28(32,3)4/h5-12,15,17-18H,13-14,16H2,1-4H3,(H,29,34). The van der Waals surface area contributed by atoms with Crippen molar-refractivity contribution in [1.82, 2.24) is 19.8 Å². The van der Waals surface area contributed by atoms with Gasteiger partial charge >= 0.3 is 0 Å². The van der Waals surface area contributed by atoms with Crippen LogP contribution in [-0.2, 0) is 11.3 Å². The largest absolute Gasteiger partial charge is 0.352 e. The first-order chi connectivity index (χ1) is 16.3. The van der Waals surface area contributed by atoms with E-state index in [9.17, 15) is 9.59 Å². The number of amides is 2. The lowest BCUT2D eigenvalue weighted by atomic mass is 9.98. The van der Waals surface area contributed by atoms with Crippen molar-refractivity contribution in [2.75, 3.05) is 13.1 Å². The molecule has 0 unspecified atom stereocenters. The summed E-state index contributed by atoms with van der Waals surface area (Å²) in [5.74, 6) is 0.0622. The molecule has 0 spiro atoms. The van der Waals surface area contributed by atoms with Crippen LogP contribution in [0.1, 0.15) is 38.2 Å². The summed E-state index contributed by atoms with van der Waals surface area (Å²) in [6.45, 7) is 9.61. The molecule has 6 heteroatoms. The van der Waals surface area contributed by atoms with Gasteiger partial charge in [0.15, 0.2) is 0 Å². The lowest BCUT2D eigenvalue weighted by Gasteiger charge is -2.40. The van der Waals surface area contributed by atoms with E-state index >= 15 is 0 Å². The van der Waals surface area contributed by atoms with Crippen molar-refractivity contribution in [2.45, 2.75) is 39.8 Å². The number of carbonyl (C=O) groups is 2. The predicted octanol–water partition coefficient (Wildman–Crippen LogP) is 4.86. The average Bonchev–Trinajstić information content (AvgIpc) is 3.17. The molecule has 174 valence electrons. The van der Waals surface area contributed by atoms with Crippen molar-refractivity contribution in [2.24, 2.45) is 5.92 Å². The number of nitrogens with one attached hydrogen (secondary N) is 1. The molecule has 1 aliphatic rings. The Balaban J connectivity index is 1.61. The van der Waals surface area contributed by atoms with Crippen LogP contribution in [-0.4, -0.2) is 44.9 Å². The number of pyridine rings is 1. The van der Waals surface area contributed by atoms with Crippen LogP contribution in [0.15, 0.2) is 60.8 Å². The molecular weight excluding hydrogens is 424 g/mol. The number of hydrogen-bond acceptors (Lipinski definition) is 3. The van der Waals surface area contributed by atoms with Crippen LogP contribution in [0.5, 0.6) is 0 Å². The molecule has 1 N–H and O–H groups in total. The van der Waals surface area contributed by atoms with Gasteiger partial charge < -0.3 is 14.8 Å². The smallest absolute Gasteiger partial charge is 0.273 e. The second kappa shape index (κ2) is 8.28. The molecule has 0 bridgehead atoms. The molecule has 0 radical (unpaired) electrons. The lowest BCUT2D eigenvalue weighted by molar-refractivity contribution is -0.133. The highest BCUT2D eigenvalue weighted by atomic mass is 16.2. The molecule has 0 aliphatic carbocycles. The second-order valence-corrected chi connectivity index (χ2v) is 9.99. The molecule has 4 aromatic rings. The molecule has 34 heavy (non-hydrogen) atoms. The Labute approximate surface area is 199 Å². The molecule has 2 aromatic carbocycles. The van der Waals surface area contributed by atoms with Crippen LogP contribution in [0.3, 0.4) is 0 Å². The van der Waals surface area contributed by atoms with Gasteiger partial charge in [-0.1, -0.05) is 50.2 Å². The first kappa shape index (κ1) is 22.1. The van der Waals surface area contributed by atoms with Gasteiger partial charge in [-0.3, -0.25) is 9.59 Å². The molecule has 3 heterocycles. The summed E-state index contributed by atoms with van der Waals surface area (Å²) in [5.41, 5.74) is 2.47. The Kier molecular flexibility index (Phi) is 5.39. The van der Waals surface area contributed by atoms with Crippen LogP contribution in [0, 0.1) is 5.92 Å². The van der Waals surface area contributed by atoms with E-state index in [1.165, 1.54) is 10.8 Å². The van der Waals surface area contributed by atoms with Gasteiger partial charge in [-0.2, -0.15) is 0 Å². The zero-order valence-electron chi connectivity index (χ0n) is 20.1. The van der Waals surface area contributed by atoms with Gasteiger partial charge in [-0.15, -0.1) is 0 Å². The summed E-state index contributed by atoms with van der Waals surface area (Å²) in [6, 6.07) is 18.6. The van der Waals surface area contributed by atoms with Crippen LogP contribution < -0.4 is 5.32 Å². The summed E-state index contributed by atoms with van der Waals surface area (Å²) in [5, 5.41) is 6.26. The maximum absolute atomic E-state index is 13.4. The van der Waals surface area contributed by atoms with Crippen molar-refractivity contribution >= 4 is 33.6 Å². The molecule has 2 amide bonds. The summed E-state index contributed by atoms with van der Waals surface area (Å²) in [6.07, 6.45) is 2.15. The number of nitrogens with zero attached hydrogens (tertiary/aromatic N) is 3. The van der Waals surface area contributed by atoms with Crippen LogP contribution >= 0.6 is 0 Å². The number of benzene rings is 2. The first-order valence-corrected chi connectivity index (χ1v) is 11.8. The number of piperazine rings is 1. The number of rotatable bonds is 4. The highest BCUT2D eigenvalue weighted by Gasteiger charge is 2.41. The van der Waals surface area contributed by atoms with Crippen LogP contribution in [0.2, 0.25) is 0 Å². The van der Waals surface area contributed by atoms with E-state index in [4.69, 9.17) is 4.98 Å². The second-order valence-electron chi connectivity index (χ2n) is 9.99. The van der Waals surface area contributed by atoms with E-state index in [1.807, 2.05) is 12.1 Å². The number of hydrogen-bond donors (Lipinski definition) is 1. The molecule has 1 aliphatic heterocycles. The van der Waals surface area contributed by atoms with Gasteiger partial charge in [0.25, 0.3) is 5.91 Å². The topological polar surface area (TPSA) is 67.2 Å². The molecule has 1 fully saturated rings. The van der Waals surface area contributed by atoms with Crippen molar-refractivity contribution in [3.05, 3.63) is 66.5 Å². The highest BCUT2D eigenvalue weighted by molar-refractivity contribution is 6.02. The summed E-state index contributed by atoms with van der Waals surface area (Å²) < 4.78 is 2.15. The molecule has 1 saturated heterocycles. The normalized spacial score (nSPS) is 15.8. The highest BCUT2D eigenvalue weighted by Crippen LogP contribution is 2.33. The Morgan fingerprint density at radius 2 is 1.85 bits per heavy atom. The zero-order valence-corrected chi connectivity index (χ0v) is 20.1. The average molecular weight is 455 g/mol. The molecule has 5 rings (SSSR count). The van der Waals surface area contributed by atoms with Crippen molar-refractivity contribution in [3.63, 3.8) is 0 Å². The van der Waals surface area contributed by atoms with Gasteiger partial charge in [0.1, 0.15) is 16.9 Å². The first-order valence-electron chi connectivity index (χ1n) is 11.8. The minimum absolute atomic E-state index is 0.144. The monoisotopic (exact) mass is 454 g/mol. The van der Waals surface area contributed by atoms with Crippen molar-refractivity contribution < 1.29 is 9.59 Å². The van der Waals surface area contributed by atoms with Gasteiger partial charge in [-0.25, -0.2) is 4.98 Å². The third kappa shape index (κ3) is 3.73. The minimum Gasteiger partial charge on any atom is -0.352 e. The molecule has 0 atom stereocenters. The van der Waals surface area contributed by atoms with Gasteiger partial charge in [0.2, 0.25) is 5.91 Å². The maximum atomic E-state index is 13.4. The Morgan fingerprint density at radius 1 is 1.09 bits per heavy atom. The fraction of sp³-hybridized carbons (Fsp3) is 0.321. The van der Waals surface area contributed by atoms with Crippen molar-refractivity contribution in [3.8, 4) is 11.1 Å². The summed E-state index contributed by atoms with van der Waals surface area (Å²) in [4.78, 5) is 32.3. The van der Waals surface area contributed by atoms with Gasteiger partial charge in [0.05, 0.1) is 0 Å².